The van der Waals surface area contributed by atoms with Crippen molar-refractivity contribution in [1.82, 2.24) is 0 Å². The molecule has 0 radical (unpaired) electrons. The summed E-state index contributed by atoms with van der Waals surface area (Å²) in [6.45, 7) is 1.92. The Balaban J connectivity index is 1.65. The van der Waals surface area contributed by atoms with Gasteiger partial charge in [0, 0.05) is 6.42 Å². The van der Waals surface area contributed by atoms with Crippen LogP contribution in [-0.4, -0.2) is 21.1 Å². The highest BCUT2D eigenvalue weighted by molar-refractivity contribution is 7.86. The van der Waals surface area contributed by atoms with Crippen molar-refractivity contribution in [3.63, 3.8) is 0 Å². The second kappa shape index (κ2) is 5.50. The molecule has 110 valence electrons. The number of aryl methyl sites for hydroxylation is 1. The van der Waals surface area contributed by atoms with Crippen molar-refractivity contribution in [3.05, 3.63) is 59.7 Å². The number of hydrogen-bond donors (Lipinski definition) is 0. The zero-order valence-electron chi connectivity index (χ0n) is 11.7. The van der Waals surface area contributed by atoms with Crippen LogP contribution in [0.25, 0.3) is 0 Å². The maximum absolute atomic E-state index is 12.1. The first-order valence-electron chi connectivity index (χ1n) is 6.75. The Morgan fingerprint density at radius 2 is 1.86 bits per heavy atom. The summed E-state index contributed by atoms with van der Waals surface area (Å²) in [6, 6.07) is 14.3. The summed E-state index contributed by atoms with van der Waals surface area (Å²) < 4.78 is 35.0. The Morgan fingerprint density at radius 3 is 2.57 bits per heavy atom. The van der Waals surface area contributed by atoms with E-state index in [9.17, 15) is 8.42 Å². The van der Waals surface area contributed by atoms with Crippen molar-refractivity contribution < 1.29 is 17.3 Å². The number of ether oxygens (including phenoxy) is 1. The summed E-state index contributed by atoms with van der Waals surface area (Å²) in [5, 5.41) is 0. The topological polar surface area (TPSA) is 52.6 Å². The van der Waals surface area contributed by atoms with Crippen LogP contribution < -0.4 is 4.74 Å². The summed E-state index contributed by atoms with van der Waals surface area (Å²) in [7, 11) is -3.73. The van der Waals surface area contributed by atoms with E-state index in [4.69, 9.17) is 8.92 Å². The van der Waals surface area contributed by atoms with E-state index in [1.165, 1.54) is 0 Å². The highest BCUT2D eigenvalue weighted by Crippen LogP contribution is 2.28. The SMILES string of the molecule is Cc1ccc(S(=O)(=O)OC[C@@H]2Cc3ccccc3O2)cc1. The summed E-state index contributed by atoms with van der Waals surface area (Å²) in [6.07, 6.45) is 0.405. The minimum absolute atomic E-state index is 0.0187. The van der Waals surface area contributed by atoms with Crippen molar-refractivity contribution in [2.24, 2.45) is 0 Å². The first-order chi connectivity index (χ1) is 10.0. The van der Waals surface area contributed by atoms with Crippen molar-refractivity contribution in [1.29, 1.82) is 0 Å². The summed E-state index contributed by atoms with van der Waals surface area (Å²) >= 11 is 0. The minimum atomic E-state index is -3.73. The fourth-order valence-corrected chi connectivity index (χ4v) is 3.22. The maximum Gasteiger partial charge on any atom is 0.297 e. The molecule has 0 amide bonds. The first kappa shape index (κ1) is 14.1. The predicted molar refractivity (Wildman–Crippen MR) is 78.9 cm³/mol. The van der Waals surface area contributed by atoms with Gasteiger partial charge in [-0.3, -0.25) is 4.18 Å². The van der Waals surface area contributed by atoms with Crippen LogP contribution in [0, 0.1) is 6.92 Å². The fraction of sp³-hybridized carbons (Fsp3) is 0.250. The molecule has 0 bridgehead atoms. The lowest BCUT2D eigenvalue weighted by atomic mass is 10.1. The Labute approximate surface area is 124 Å². The molecule has 1 heterocycles. The number of fused-ring (bicyclic) bond motifs is 1. The van der Waals surface area contributed by atoms with E-state index in [1.807, 2.05) is 31.2 Å². The highest BCUT2D eigenvalue weighted by Gasteiger charge is 2.25. The average Bonchev–Trinajstić information content (AvgIpc) is 2.89. The molecular formula is C16H16O4S. The Morgan fingerprint density at radius 1 is 1.14 bits per heavy atom. The van der Waals surface area contributed by atoms with Crippen LogP contribution in [0.3, 0.4) is 0 Å². The second-order valence-corrected chi connectivity index (χ2v) is 6.72. The van der Waals surface area contributed by atoms with E-state index in [2.05, 4.69) is 0 Å². The van der Waals surface area contributed by atoms with E-state index in [0.717, 1.165) is 16.9 Å². The molecule has 4 nitrogen and oxygen atoms in total. The van der Waals surface area contributed by atoms with Gasteiger partial charge in [0.25, 0.3) is 10.1 Å². The third-order valence-electron chi connectivity index (χ3n) is 3.43. The molecule has 0 saturated heterocycles. The fourth-order valence-electron chi connectivity index (χ4n) is 2.29. The lowest BCUT2D eigenvalue weighted by Crippen LogP contribution is -2.23. The van der Waals surface area contributed by atoms with Crippen LogP contribution in [0.2, 0.25) is 0 Å². The number of para-hydroxylation sites is 1. The van der Waals surface area contributed by atoms with Crippen molar-refractivity contribution >= 4 is 10.1 Å². The smallest absolute Gasteiger partial charge is 0.297 e. The van der Waals surface area contributed by atoms with Crippen LogP contribution in [0.15, 0.2) is 53.4 Å². The van der Waals surface area contributed by atoms with Gasteiger partial charge in [-0.25, -0.2) is 0 Å². The van der Waals surface area contributed by atoms with Gasteiger partial charge >= 0.3 is 0 Å². The third kappa shape index (κ3) is 3.09. The molecule has 2 aromatic rings. The Hall–Kier alpha value is -1.85. The number of hydrogen-bond acceptors (Lipinski definition) is 4. The molecule has 0 N–H and O–H groups in total. The van der Waals surface area contributed by atoms with E-state index < -0.39 is 10.1 Å². The quantitative estimate of drug-likeness (QED) is 0.815. The van der Waals surface area contributed by atoms with E-state index in [-0.39, 0.29) is 17.6 Å². The van der Waals surface area contributed by atoms with Gasteiger partial charge in [0.2, 0.25) is 0 Å². The molecule has 0 aliphatic carbocycles. The monoisotopic (exact) mass is 304 g/mol. The first-order valence-corrected chi connectivity index (χ1v) is 8.16. The van der Waals surface area contributed by atoms with Crippen molar-refractivity contribution in [2.75, 3.05) is 6.61 Å². The van der Waals surface area contributed by atoms with E-state index in [0.29, 0.717) is 6.42 Å². The van der Waals surface area contributed by atoms with Gasteiger partial charge in [-0.1, -0.05) is 35.9 Å². The molecule has 0 fully saturated rings. The molecule has 1 atom stereocenters. The number of benzene rings is 2. The van der Waals surface area contributed by atoms with E-state index >= 15 is 0 Å². The van der Waals surface area contributed by atoms with Crippen LogP contribution in [0.1, 0.15) is 11.1 Å². The molecule has 0 saturated carbocycles. The highest BCUT2D eigenvalue weighted by atomic mass is 32.2. The number of rotatable bonds is 4. The van der Waals surface area contributed by atoms with Gasteiger partial charge in [0.05, 0.1) is 4.90 Å². The van der Waals surface area contributed by atoms with Gasteiger partial charge in [-0.2, -0.15) is 8.42 Å². The molecule has 1 aliphatic rings. The third-order valence-corrected chi connectivity index (χ3v) is 4.73. The summed E-state index contributed by atoms with van der Waals surface area (Å²) in [5.74, 6) is 0.804. The van der Waals surface area contributed by atoms with Gasteiger partial charge in [0.15, 0.2) is 0 Å². The minimum Gasteiger partial charge on any atom is -0.487 e. The summed E-state index contributed by atoms with van der Waals surface area (Å²) in [5.41, 5.74) is 2.09. The Kier molecular flexibility index (Phi) is 3.69. The van der Waals surface area contributed by atoms with Crippen molar-refractivity contribution in [2.45, 2.75) is 24.3 Å². The predicted octanol–water partition coefficient (Wildman–Crippen LogP) is 2.70. The normalized spacial score (nSPS) is 17.3. The molecule has 3 rings (SSSR count). The largest absolute Gasteiger partial charge is 0.487 e. The lowest BCUT2D eigenvalue weighted by molar-refractivity contribution is 0.152. The maximum atomic E-state index is 12.1. The van der Waals surface area contributed by atoms with Gasteiger partial charge < -0.3 is 4.74 Å². The molecule has 2 aromatic carbocycles. The zero-order valence-corrected chi connectivity index (χ0v) is 12.5. The molecule has 21 heavy (non-hydrogen) atoms. The molecule has 0 aromatic heterocycles. The van der Waals surface area contributed by atoms with Gasteiger partial charge in [-0.15, -0.1) is 0 Å². The van der Waals surface area contributed by atoms with Gasteiger partial charge in [0.1, 0.15) is 18.5 Å². The van der Waals surface area contributed by atoms with Crippen LogP contribution >= 0.6 is 0 Å². The summed E-state index contributed by atoms with van der Waals surface area (Å²) in [4.78, 5) is 0.170. The standard InChI is InChI=1S/C16H16O4S/c1-12-6-8-15(9-7-12)21(17,18)19-11-14-10-13-4-2-3-5-16(13)20-14/h2-9,14H,10-11H2,1H3/t14-/m0/s1. The van der Waals surface area contributed by atoms with Crippen molar-refractivity contribution in [3.8, 4) is 5.75 Å². The zero-order chi connectivity index (χ0) is 14.9. The van der Waals surface area contributed by atoms with Crippen LogP contribution in [0.5, 0.6) is 5.75 Å². The van der Waals surface area contributed by atoms with E-state index in [1.54, 1.807) is 24.3 Å². The average molecular weight is 304 g/mol. The second-order valence-electron chi connectivity index (χ2n) is 5.10. The van der Waals surface area contributed by atoms with Crippen LogP contribution in [0.4, 0.5) is 0 Å². The lowest BCUT2D eigenvalue weighted by Gasteiger charge is -2.11. The molecular weight excluding hydrogens is 288 g/mol. The molecule has 0 spiro atoms. The molecule has 0 unspecified atom stereocenters. The Bertz CT molecular complexity index is 710. The molecule has 1 aliphatic heterocycles. The van der Waals surface area contributed by atoms with Gasteiger partial charge in [-0.05, 0) is 30.7 Å². The molecule has 5 heteroatoms. The van der Waals surface area contributed by atoms with Crippen LogP contribution in [-0.2, 0) is 20.7 Å².